The molecule has 4 rings (SSSR count). The van der Waals surface area contributed by atoms with Gasteiger partial charge in [0.2, 0.25) is 0 Å². The Morgan fingerprint density at radius 2 is 1.82 bits per heavy atom. The second-order valence-corrected chi connectivity index (χ2v) is 6.89. The summed E-state index contributed by atoms with van der Waals surface area (Å²) in [6.07, 6.45) is 6.75. The molecule has 2 aliphatic carbocycles. The molecule has 1 heterocycles. The van der Waals surface area contributed by atoms with E-state index in [1.807, 2.05) is 0 Å². The molecule has 0 radical (unpaired) electrons. The van der Waals surface area contributed by atoms with Crippen LogP contribution in [0.15, 0.2) is 24.3 Å². The zero-order valence-corrected chi connectivity index (χ0v) is 12.9. The molecule has 4 nitrogen and oxygen atoms in total. The molecule has 1 aliphatic heterocycles. The number of amides is 2. The van der Waals surface area contributed by atoms with Crippen molar-refractivity contribution in [3.8, 4) is 0 Å². The highest BCUT2D eigenvalue weighted by molar-refractivity contribution is 5.75. The van der Waals surface area contributed by atoms with Gasteiger partial charge in [0, 0.05) is 24.6 Å². The summed E-state index contributed by atoms with van der Waals surface area (Å²) in [7, 11) is 0. The topological polar surface area (TPSA) is 50.4 Å². The van der Waals surface area contributed by atoms with Gasteiger partial charge in [-0.2, -0.15) is 0 Å². The Balaban J connectivity index is 1.32. The van der Waals surface area contributed by atoms with Crippen LogP contribution in [0, 0.1) is 5.92 Å². The van der Waals surface area contributed by atoms with E-state index in [2.05, 4.69) is 34.9 Å². The van der Waals surface area contributed by atoms with E-state index in [4.69, 9.17) is 4.74 Å². The molecule has 3 aliphatic rings. The molecule has 2 N–H and O–H groups in total. The molecule has 0 unspecified atom stereocenters. The normalized spacial score (nSPS) is 30.6. The standard InChI is InChI=1S/C18H24N2O2/c21-18(19-14-10-12-4-1-2-5-13(12)11-14)20-16-6-3-7-17-15(16)8-9-22-17/h1-2,4-5,14-17H,3,6-11H2,(H2,19,20,21)/t15-,16+,17+/m0/s1. The van der Waals surface area contributed by atoms with Crippen LogP contribution in [0.4, 0.5) is 4.79 Å². The fraction of sp³-hybridized carbons (Fsp3) is 0.611. The van der Waals surface area contributed by atoms with Crippen LogP contribution >= 0.6 is 0 Å². The number of carbonyl (C=O) groups excluding carboxylic acids is 1. The van der Waals surface area contributed by atoms with Crippen LogP contribution in [-0.2, 0) is 17.6 Å². The monoisotopic (exact) mass is 300 g/mol. The Morgan fingerprint density at radius 3 is 2.59 bits per heavy atom. The Hall–Kier alpha value is -1.55. The van der Waals surface area contributed by atoms with E-state index in [0.29, 0.717) is 12.0 Å². The van der Waals surface area contributed by atoms with Crippen molar-refractivity contribution in [2.45, 2.75) is 56.7 Å². The van der Waals surface area contributed by atoms with Gasteiger partial charge in [0.15, 0.2) is 0 Å². The smallest absolute Gasteiger partial charge is 0.315 e. The van der Waals surface area contributed by atoms with Crippen molar-refractivity contribution in [1.29, 1.82) is 0 Å². The Kier molecular flexibility index (Phi) is 3.78. The van der Waals surface area contributed by atoms with Gasteiger partial charge in [-0.25, -0.2) is 4.79 Å². The molecule has 4 heteroatoms. The molecule has 0 aromatic heterocycles. The molecule has 1 saturated heterocycles. The number of hydrogen-bond acceptors (Lipinski definition) is 2. The predicted molar refractivity (Wildman–Crippen MR) is 84.8 cm³/mol. The SMILES string of the molecule is O=C(NC1Cc2ccccc2C1)N[C@@H]1CCC[C@H]2OCC[C@@H]12. The fourth-order valence-corrected chi connectivity index (χ4v) is 4.41. The minimum atomic E-state index is -0.00430. The summed E-state index contributed by atoms with van der Waals surface area (Å²) in [6, 6.07) is 8.98. The van der Waals surface area contributed by atoms with Gasteiger partial charge < -0.3 is 15.4 Å². The highest BCUT2D eigenvalue weighted by atomic mass is 16.5. The highest BCUT2D eigenvalue weighted by Crippen LogP contribution is 2.34. The summed E-state index contributed by atoms with van der Waals surface area (Å²) in [5.74, 6) is 0.514. The van der Waals surface area contributed by atoms with Crippen molar-refractivity contribution in [1.82, 2.24) is 10.6 Å². The summed E-state index contributed by atoms with van der Waals surface area (Å²) in [4.78, 5) is 12.3. The molecule has 2 fully saturated rings. The minimum absolute atomic E-state index is 0.00430. The first kappa shape index (κ1) is 14.1. The third-order valence-electron chi connectivity index (χ3n) is 5.48. The minimum Gasteiger partial charge on any atom is -0.378 e. The lowest BCUT2D eigenvalue weighted by Gasteiger charge is -2.33. The maximum Gasteiger partial charge on any atom is 0.315 e. The molecule has 0 spiro atoms. The van der Waals surface area contributed by atoms with Crippen LogP contribution in [0.3, 0.4) is 0 Å². The molecular formula is C18H24N2O2. The second-order valence-electron chi connectivity index (χ2n) is 6.89. The third kappa shape index (κ3) is 2.72. The third-order valence-corrected chi connectivity index (χ3v) is 5.48. The molecule has 1 aromatic carbocycles. The maximum atomic E-state index is 12.3. The molecule has 1 aromatic rings. The summed E-state index contributed by atoms with van der Waals surface area (Å²) in [5, 5.41) is 6.38. The molecular weight excluding hydrogens is 276 g/mol. The number of ether oxygens (including phenoxy) is 1. The van der Waals surface area contributed by atoms with Gasteiger partial charge >= 0.3 is 6.03 Å². The van der Waals surface area contributed by atoms with Crippen LogP contribution < -0.4 is 10.6 Å². The van der Waals surface area contributed by atoms with Gasteiger partial charge in [0.05, 0.1) is 6.10 Å². The quantitative estimate of drug-likeness (QED) is 0.881. The van der Waals surface area contributed by atoms with Crippen LogP contribution in [-0.4, -0.2) is 30.8 Å². The molecule has 118 valence electrons. The zero-order chi connectivity index (χ0) is 14.9. The second kappa shape index (κ2) is 5.92. The lowest BCUT2D eigenvalue weighted by molar-refractivity contribution is 0.0549. The van der Waals surface area contributed by atoms with E-state index < -0.39 is 0 Å². The molecule has 22 heavy (non-hydrogen) atoms. The van der Waals surface area contributed by atoms with Gasteiger partial charge in [-0.3, -0.25) is 0 Å². The number of nitrogens with one attached hydrogen (secondary N) is 2. The van der Waals surface area contributed by atoms with Crippen molar-refractivity contribution in [2.75, 3.05) is 6.61 Å². The number of urea groups is 1. The van der Waals surface area contributed by atoms with Gasteiger partial charge in [-0.15, -0.1) is 0 Å². The summed E-state index contributed by atoms with van der Waals surface area (Å²) >= 11 is 0. The first-order chi connectivity index (χ1) is 10.8. The summed E-state index contributed by atoms with van der Waals surface area (Å²) in [6.45, 7) is 0.854. The number of fused-ring (bicyclic) bond motifs is 2. The van der Waals surface area contributed by atoms with Gasteiger partial charge in [0.1, 0.15) is 0 Å². The molecule has 0 bridgehead atoms. The van der Waals surface area contributed by atoms with Gasteiger partial charge in [-0.1, -0.05) is 24.3 Å². The van der Waals surface area contributed by atoms with E-state index in [-0.39, 0.29) is 18.1 Å². The van der Waals surface area contributed by atoms with Crippen molar-refractivity contribution >= 4 is 6.03 Å². The van der Waals surface area contributed by atoms with E-state index in [9.17, 15) is 4.79 Å². The van der Waals surface area contributed by atoms with Crippen LogP contribution in [0.25, 0.3) is 0 Å². The van der Waals surface area contributed by atoms with E-state index >= 15 is 0 Å². The molecule has 3 atom stereocenters. The molecule has 1 saturated carbocycles. The lowest BCUT2D eigenvalue weighted by atomic mass is 9.82. The van der Waals surface area contributed by atoms with E-state index in [0.717, 1.165) is 45.1 Å². The average molecular weight is 300 g/mol. The number of benzene rings is 1. The number of hydrogen-bond donors (Lipinski definition) is 2. The first-order valence-corrected chi connectivity index (χ1v) is 8.55. The van der Waals surface area contributed by atoms with Crippen molar-refractivity contribution in [2.24, 2.45) is 5.92 Å². The maximum absolute atomic E-state index is 12.3. The number of carbonyl (C=O) groups is 1. The fourth-order valence-electron chi connectivity index (χ4n) is 4.41. The Bertz CT molecular complexity index is 535. The van der Waals surface area contributed by atoms with Crippen LogP contribution in [0.1, 0.15) is 36.8 Å². The van der Waals surface area contributed by atoms with Gasteiger partial charge in [0.25, 0.3) is 0 Å². The Labute approximate surface area is 131 Å². The van der Waals surface area contributed by atoms with Crippen molar-refractivity contribution in [3.05, 3.63) is 35.4 Å². The van der Waals surface area contributed by atoms with E-state index in [1.54, 1.807) is 0 Å². The average Bonchev–Trinajstić information content (AvgIpc) is 3.12. The highest BCUT2D eigenvalue weighted by Gasteiger charge is 2.38. The molecule has 2 amide bonds. The summed E-state index contributed by atoms with van der Waals surface area (Å²) in [5.41, 5.74) is 2.74. The number of rotatable bonds is 2. The van der Waals surface area contributed by atoms with Crippen LogP contribution in [0.2, 0.25) is 0 Å². The van der Waals surface area contributed by atoms with Gasteiger partial charge in [-0.05, 0) is 49.7 Å². The Morgan fingerprint density at radius 1 is 1.05 bits per heavy atom. The first-order valence-electron chi connectivity index (χ1n) is 8.55. The zero-order valence-electron chi connectivity index (χ0n) is 12.9. The predicted octanol–water partition coefficient (Wildman–Crippen LogP) is 2.41. The lowest BCUT2D eigenvalue weighted by Crippen LogP contribution is -2.51. The van der Waals surface area contributed by atoms with Crippen molar-refractivity contribution < 1.29 is 9.53 Å². The van der Waals surface area contributed by atoms with Crippen molar-refractivity contribution in [3.63, 3.8) is 0 Å². The summed E-state index contributed by atoms with van der Waals surface area (Å²) < 4.78 is 5.77. The van der Waals surface area contributed by atoms with Crippen LogP contribution in [0.5, 0.6) is 0 Å². The van der Waals surface area contributed by atoms with E-state index in [1.165, 1.54) is 11.1 Å². The largest absolute Gasteiger partial charge is 0.378 e.